The van der Waals surface area contributed by atoms with Gasteiger partial charge in [-0.05, 0) is 75.6 Å². The predicted octanol–water partition coefficient (Wildman–Crippen LogP) is 4.35. The third kappa shape index (κ3) is 6.28. The second-order valence-corrected chi connectivity index (χ2v) is 10.5. The first-order valence-corrected chi connectivity index (χ1v) is 13.2. The third-order valence-corrected chi connectivity index (χ3v) is 7.01. The molecule has 11 nitrogen and oxygen atoms in total. The Morgan fingerprint density at radius 2 is 1.87 bits per heavy atom. The van der Waals surface area contributed by atoms with Crippen molar-refractivity contribution in [1.82, 2.24) is 14.6 Å². The van der Waals surface area contributed by atoms with E-state index in [1.165, 1.54) is 18.2 Å². The predicted molar refractivity (Wildman–Crippen MR) is 144 cm³/mol. The number of amides is 1. The molecule has 0 spiro atoms. The molecule has 1 heterocycles. The largest absolute Gasteiger partial charge is 0.457 e. The highest BCUT2D eigenvalue weighted by atomic mass is 32.2. The van der Waals surface area contributed by atoms with Crippen LogP contribution >= 0.6 is 0 Å². The van der Waals surface area contributed by atoms with Crippen molar-refractivity contribution in [2.75, 3.05) is 32.5 Å². The number of nitrogens with zero attached hydrogens (tertiary/aromatic N) is 2. The molecule has 4 aromatic rings. The minimum Gasteiger partial charge on any atom is -0.457 e. The molecule has 0 fully saturated rings. The minimum atomic E-state index is -4.43. The standard InChI is InChI=1S/C26H27N5O6S/c1-30(2)15-5-13-27-23-11-9-20(17-24(23)31(33)34)38(35,36)29-26(32)21-6-3-4-7-25(21)37-19-8-10-22-18(16-19)12-14-28-22/h3-4,6-12,14,16-17,27-28H,5,13,15H2,1-2H3,(H,29,32). The Morgan fingerprint density at radius 1 is 1.08 bits per heavy atom. The van der Waals surface area contributed by atoms with Gasteiger partial charge >= 0.3 is 0 Å². The van der Waals surface area contributed by atoms with E-state index in [0.717, 1.165) is 29.9 Å². The summed E-state index contributed by atoms with van der Waals surface area (Å²) < 4.78 is 33.9. The van der Waals surface area contributed by atoms with Gasteiger partial charge in [0.05, 0.1) is 15.4 Å². The lowest BCUT2D eigenvalue weighted by atomic mass is 10.2. The number of sulfonamides is 1. The molecular weight excluding hydrogens is 510 g/mol. The maximum atomic E-state index is 13.0. The zero-order chi connectivity index (χ0) is 27.3. The van der Waals surface area contributed by atoms with Crippen molar-refractivity contribution in [1.29, 1.82) is 0 Å². The summed E-state index contributed by atoms with van der Waals surface area (Å²) in [5.41, 5.74) is 0.684. The topological polar surface area (TPSA) is 147 Å². The molecule has 0 aliphatic rings. The number of carbonyl (C=O) groups is 1. The average molecular weight is 538 g/mol. The van der Waals surface area contributed by atoms with Gasteiger partial charge in [-0.1, -0.05) is 12.1 Å². The van der Waals surface area contributed by atoms with Crippen molar-refractivity contribution in [2.24, 2.45) is 0 Å². The fourth-order valence-electron chi connectivity index (χ4n) is 3.80. The Balaban J connectivity index is 1.52. The van der Waals surface area contributed by atoms with Crippen LogP contribution in [-0.2, 0) is 10.0 Å². The van der Waals surface area contributed by atoms with E-state index in [2.05, 4.69) is 10.3 Å². The van der Waals surface area contributed by atoms with Gasteiger partial charge in [-0.3, -0.25) is 14.9 Å². The number of rotatable bonds is 11. The molecule has 198 valence electrons. The van der Waals surface area contributed by atoms with Crippen molar-refractivity contribution in [2.45, 2.75) is 11.3 Å². The van der Waals surface area contributed by atoms with Crippen LogP contribution in [0.15, 0.2) is 77.8 Å². The van der Waals surface area contributed by atoms with Gasteiger partial charge in [0.1, 0.15) is 17.2 Å². The first-order valence-electron chi connectivity index (χ1n) is 11.7. The van der Waals surface area contributed by atoms with E-state index in [-0.39, 0.29) is 17.0 Å². The van der Waals surface area contributed by atoms with Gasteiger partial charge in [0.25, 0.3) is 21.6 Å². The first-order chi connectivity index (χ1) is 18.1. The molecule has 0 unspecified atom stereocenters. The first kappa shape index (κ1) is 26.6. The molecule has 0 atom stereocenters. The van der Waals surface area contributed by atoms with Crippen LogP contribution in [0, 0.1) is 10.1 Å². The lowest BCUT2D eigenvalue weighted by Crippen LogP contribution is -2.31. The molecule has 12 heteroatoms. The van der Waals surface area contributed by atoms with E-state index in [0.29, 0.717) is 12.3 Å². The second-order valence-electron chi connectivity index (χ2n) is 8.78. The lowest BCUT2D eigenvalue weighted by molar-refractivity contribution is -0.384. The molecule has 0 saturated carbocycles. The molecule has 3 N–H and O–H groups in total. The summed E-state index contributed by atoms with van der Waals surface area (Å²) in [6, 6.07) is 16.9. The smallest absolute Gasteiger partial charge is 0.293 e. The zero-order valence-electron chi connectivity index (χ0n) is 20.8. The molecule has 0 saturated heterocycles. The van der Waals surface area contributed by atoms with Crippen molar-refractivity contribution in [3.8, 4) is 11.5 Å². The normalized spacial score (nSPS) is 11.4. The summed E-state index contributed by atoms with van der Waals surface area (Å²) in [4.78, 5) is 28.6. The van der Waals surface area contributed by atoms with Gasteiger partial charge in [0.2, 0.25) is 0 Å². The third-order valence-electron chi connectivity index (χ3n) is 5.69. The quantitative estimate of drug-likeness (QED) is 0.145. The Labute approximate surface area is 219 Å². The van der Waals surface area contributed by atoms with Crippen LogP contribution < -0.4 is 14.8 Å². The molecule has 0 radical (unpaired) electrons. The number of benzene rings is 3. The number of aromatic amines is 1. The summed E-state index contributed by atoms with van der Waals surface area (Å²) in [7, 11) is -0.586. The van der Waals surface area contributed by atoms with Gasteiger partial charge in [0, 0.05) is 29.7 Å². The summed E-state index contributed by atoms with van der Waals surface area (Å²) in [5, 5.41) is 15.5. The fraction of sp³-hybridized carbons (Fsp3) is 0.192. The molecule has 0 aliphatic carbocycles. The number of fused-ring (bicyclic) bond motifs is 1. The maximum Gasteiger partial charge on any atom is 0.293 e. The SMILES string of the molecule is CN(C)CCCNc1ccc(S(=O)(=O)NC(=O)c2ccccc2Oc2ccc3[nH]ccc3c2)cc1[N+](=O)[O-]. The monoisotopic (exact) mass is 537 g/mol. The Bertz CT molecular complexity index is 1580. The number of aromatic nitrogens is 1. The highest BCUT2D eigenvalue weighted by Crippen LogP contribution is 2.30. The van der Waals surface area contributed by atoms with E-state index >= 15 is 0 Å². The van der Waals surface area contributed by atoms with Crippen molar-refractivity contribution in [3.05, 3.63) is 88.6 Å². The van der Waals surface area contributed by atoms with Crippen LogP contribution in [0.3, 0.4) is 0 Å². The van der Waals surface area contributed by atoms with Crippen LogP contribution in [0.2, 0.25) is 0 Å². The highest BCUT2D eigenvalue weighted by Gasteiger charge is 2.25. The van der Waals surface area contributed by atoms with E-state index in [9.17, 15) is 23.3 Å². The number of anilines is 1. The number of carbonyl (C=O) groups excluding carboxylic acids is 1. The molecule has 1 amide bonds. The van der Waals surface area contributed by atoms with Gasteiger partial charge in [0.15, 0.2) is 0 Å². The Kier molecular flexibility index (Phi) is 7.93. The van der Waals surface area contributed by atoms with E-state index in [1.807, 2.05) is 35.9 Å². The van der Waals surface area contributed by atoms with Crippen molar-refractivity contribution < 1.29 is 22.9 Å². The van der Waals surface area contributed by atoms with Crippen LogP contribution in [0.4, 0.5) is 11.4 Å². The Morgan fingerprint density at radius 3 is 2.63 bits per heavy atom. The Hall–Kier alpha value is -4.42. The highest BCUT2D eigenvalue weighted by molar-refractivity contribution is 7.90. The molecule has 1 aromatic heterocycles. The summed E-state index contributed by atoms with van der Waals surface area (Å²) in [6.45, 7) is 1.25. The number of nitrogens with one attached hydrogen (secondary N) is 3. The summed E-state index contributed by atoms with van der Waals surface area (Å²) in [5.74, 6) is -0.320. The summed E-state index contributed by atoms with van der Waals surface area (Å²) in [6.07, 6.45) is 2.53. The van der Waals surface area contributed by atoms with Crippen molar-refractivity contribution in [3.63, 3.8) is 0 Å². The number of nitro benzene ring substituents is 1. The average Bonchev–Trinajstić information content (AvgIpc) is 3.34. The van der Waals surface area contributed by atoms with E-state index in [4.69, 9.17) is 4.74 Å². The minimum absolute atomic E-state index is 0.0149. The zero-order valence-corrected chi connectivity index (χ0v) is 21.6. The van der Waals surface area contributed by atoms with Gasteiger partial charge in [-0.2, -0.15) is 0 Å². The van der Waals surface area contributed by atoms with E-state index < -0.39 is 31.4 Å². The number of ether oxygens (including phenoxy) is 1. The number of hydrogen-bond acceptors (Lipinski definition) is 8. The number of hydrogen-bond donors (Lipinski definition) is 3. The van der Waals surface area contributed by atoms with Gasteiger partial charge in [-0.15, -0.1) is 0 Å². The number of nitro groups is 1. The van der Waals surface area contributed by atoms with E-state index in [1.54, 1.807) is 36.5 Å². The molecule has 0 aliphatic heterocycles. The summed E-state index contributed by atoms with van der Waals surface area (Å²) >= 11 is 0. The maximum absolute atomic E-state index is 13.0. The lowest BCUT2D eigenvalue weighted by Gasteiger charge is -2.13. The second kappa shape index (κ2) is 11.3. The fourth-order valence-corrected chi connectivity index (χ4v) is 4.78. The number of H-pyrrole nitrogens is 1. The molecule has 4 rings (SSSR count). The molecular formula is C26H27N5O6S. The van der Waals surface area contributed by atoms with Gasteiger partial charge in [-0.25, -0.2) is 13.1 Å². The van der Waals surface area contributed by atoms with Crippen molar-refractivity contribution >= 4 is 38.2 Å². The number of para-hydroxylation sites is 1. The molecule has 3 aromatic carbocycles. The van der Waals surface area contributed by atoms with Crippen LogP contribution in [0.1, 0.15) is 16.8 Å². The molecule has 0 bridgehead atoms. The van der Waals surface area contributed by atoms with Gasteiger partial charge < -0.3 is 19.9 Å². The van der Waals surface area contributed by atoms with Crippen LogP contribution in [-0.4, -0.2) is 56.3 Å². The van der Waals surface area contributed by atoms with Crippen LogP contribution in [0.5, 0.6) is 11.5 Å². The van der Waals surface area contributed by atoms with Crippen LogP contribution in [0.25, 0.3) is 10.9 Å². The molecule has 38 heavy (non-hydrogen) atoms.